The number of nitrogens with zero attached hydrogens (tertiary/aromatic N) is 5. The fraction of sp³-hybridized carbons (Fsp3) is 0.286. The van der Waals surface area contributed by atoms with Crippen LogP contribution in [0.1, 0.15) is 12.8 Å². The Labute approximate surface area is 216 Å². The number of nitrogen functional groups attached to an aromatic ring is 1. The van der Waals surface area contributed by atoms with Gasteiger partial charge in [-0.3, -0.25) is 4.79 Å². The van der Waals surface area contributed by atoms with Crippen molar-refractivity contribution in [1.82, 2.24) is 19.8 Å². The summed E-state index contributed by atoms with van der Waals surface area (Å²) < 4.78 is 12.1. The number of aromatic nitrogens is 2. The van der Waals surface area contributed by atoms with Crippen molar-refractivity contribution in [3.8, 4) is 34.6 Å². The van der Waals surface area contributed by atoms with Gasteiger partial charge in [0.05, 0.1) is 5.56 Å². The zero-order valence-corrected chi connectivity index (χ0v) is 21.0. The molecule has 0 atom stereocenters. The molecule has 9 heteroatoms. The number of ether oxygens (including phenoxy) is 2. The summed E-state index contributed by atoms with van der Waals surface area (Å²) in [6.45, 7) is 1.52. The van der Waals surface area contributed by atoms with E-state index >= 15 is 0 Å². The van der Waals surface area contributed by atoms with Crippen molar-refractivity contribution in [3.63, 3.8) is 0 Å². The quantitative estimate of drug-likeness (QED) is 0.367. The minimum Gasteiger partial charge on any atom is -0.474 e. The van der Waals surface area contributed by atoms with Crippen molar-refractivity contribution in [3.05, 3.63) is 72.6 Å². The van der Waals surface area contributed by atoms with Gasteiger partial charge < -0.3 is 25.0 Å². The zero-order valence-electron chi connectivity index (χ0n) is 21.0. The number of anilines is 1. The van der Waals surface area contributed by atoms with Gasteiger partial charge in [-0.1, -0.05) is 30.3 Å². The predicted molar refractivity (Wildman–Crippen MR) is 141 cm³/mol. The third kappa shape index (κ3) is 6.63. The largest absolute Gasteiger partial charge is 0.474 e. The van der Waals surface area contributed by atoms with Gasteiger partial charge in [0, 0.05) is 32.5 Å². The van der Waals surface area contributed by atoms with E-state index in [1.807, 2.05) is 79.7 Å². The van der Waals surface area contributed by atoms with E-state index in [1.54, 1.807) is 11.0 Å². The number of hydrogen-bond acceptors (Lipinski definition) is 8. The van der Waals surface area contributed by atoms with Crippen LogP contribution in [0.2, 0.25) is 0 Å². The average Bonchev–Trinajstić information content (AvgIpc) is 2.91. The van der Waals surface area contributed by atoms with Gasteiger partial charge in [-0.05, 0) is 50.0 Å². The lowest BCUT2D eigenvalue weighted by Crippen LogP contribution is -2.42. The molecule has 9 nitrogen and oxygen atoms in total. The first-order valence-electron chi connectivity index (χ1n) is 12.1. The second kappa shape index (κ2) is 12.0. The highest BCUT2D eigenvalue weighted by Gasteiger charge is 2.27. The van der Waals surface area contributed by atoms with Gasteiger partial charge in [-0.2, -0.15) is 5.26 Å². The molecule has 0 unspecified atom stereocenters. The van der Waals surface area contributed by atoms with Crippen LogP contribution < -0.4 is 15.2 Å². The normalized spacial score (nSPS) is 14.3. The molecule has 1 amide bonds. The summed E-state index contributed by atoms with van der Waals surface area (Å²) in [6, 6.07) is 19.1. The van der Waals surface area contributed by atoms with Crippen molar-refractivity contribution in [2.45, 2.75) is 18.9 Å². The van der Waals surface area contributed by atoms with Crippen LogP contribution in [0.25, 0.3) is 11.1 Å². The van der Waals surface area contributed by atoms with Gasteiger partial charge in [-0.25, -0.2) is 9.97 Å². The fourth-order valence-electron chi connectivity index (χ4n) is 4.02. The highest BCUT2D eigenvalue weighted by molar-refractivity contribution is 5.97. The number of nitrogens with two attached hydrogens (primary N) is 1. The van der Waals surface area contributed by atoms with Crippen LogP contribution in [-0.2, 0) is 4.79 Å². The van der Waals surface area contributed by atoms with E-state index in [0.29, 0.717) is 55.5 Å². The summed E-state index contributed by atoms with van der Waals surface area (Å²) in [4.78, 5) is 24.9. The van der Waals surface area contributed by atoms with E-state index in [1.165, 1.54) is 6.33 Å². The number of nitriles is 1. The number of likely N-dealkylation sites (tertiary alicyclic amines) is 1. The van der Waals surface area contributed by atoms with Crippen LogP contribution in [0, 0.1) is 11.3 Å². The molecular formula is C28H30N6O3. The monoisotopic (exact) mass is 498 g/mol. The zero-order chi connectivity index (χ0) is 26.2. The standard InChI is InChI=1S/C28H30N6O3/c1-33(2)15-12-21(18-29)28(35)34-16-13-24(14-17-34)37-27-25(26(30)31-19-32-27)20-8-10-23(11-9-20)36-22-6-4-3-5-7-22/h3-12,19,24H,13-17H2,1-2H3,(H2,30,31,32). The number of carbonyl (C=O) groups is 1. The molecule has 1 aliphatic heterocycles. The third-order valence-corrected chi connectivity index (χ3v) is 5.98. The molecule has 0 radical (unpaired) electrons. The lowest BCUT2D eigenvalue weighted by Gasteiger charge is -2.32. The molecule has 1 aliphatic rings. The molecule has 3 aromatic rings. The first-order chi connectivity index (χ1) is 17.9. The number of likely N-dealkylation sites (N-methyl/N-ethyl adjacent to an activating group) is 1. The lowest BCUT2D eigenvalue weighted by molar-refractivity contribution is -0.128. The molecule has 0 bridgehead atoms. The van der Waals surface area contributed by atoms with E-state index in [2.05, 4.69) is 9.97 Å². The summed E-state index contributed by atoms with van der Waals surface area (Å²) in [6.07, 6.45) is 4.14. The molecule has 190 valence electrons. The third-order valence-electron chi connectivity index (χ3n) is 5.98. The molecule has 1 saturated heterocycles. The van der Waals surface area contributed by atoms with Crippen molar-refractivity contribution in [1.29, 1.82) is 5.26 Å². The van der Waals surface area contributed by atoms with E-state index < -0.39 is 0 Å². The maximum absolute atomic E-state index is 12.8. The highest BCUT2D eigenvalue weighted by atomic mass is 16.5. The Bertz CT molecular complexity index is 1280. The van der Waals surface area contributed by atoms with Crippen LogP contribution in [-0.4, -0.2) is 65.5 Å². The SMILES string of the molecule is CN(C)CC=C(C#N)C(=O)N1CCC(Oc2ncnc(N)c2-c2ccc(Oc3ccccc3)cc2)CC1. The summed E-state index contributed by atoms with van der Waals surface area (Å²) in [5, 5.41) is 9.40. The molecule has 0 spiro atoms. The van der Waals surface area contributed by atoms with Crippen LogP contribution in [0.15, 0.2) is 72.6 Å². The van der Waals surface area contributed by atoms with Crippen molar-refractivity contribution < 1.29 is 14.3 Å². The average molecular weight is 499 g/mol. The number of amides is 1. The van der Waals surface area contributed by atoms with Crippen LogP contribution >= 0.6 is 0 Å². The van der Waals surface area contributed by atoms with Gasteiger partial charge in [0.1, 0.15) is 41.4 Å². The molecule has 2 N–H and O–H groups in total. The number of piperidine rings is 1. The van der Waals surface area contributed by atoms with E-state index in [0.717, 1.165) is 11.3 Å². The maximum atomic E-state index is 12.8. The second-order valence-electron chi connectivity index (χ2n) is 8.98. The molecule has 1 fully saturated rings. The van der Waals surface area contributed by atoms with Gasteiger partial charge in [0.25, 0.3) is 5.91 Å². The molecule has 37 heavy (non-hydrogen) atoms. The maximum Gasteiger partial charge on any atom is 0.264 e. The summed E-state index contributed by atoms with van der Waals surface area (Å²) >= 11 is 0. The summed E-state index contributed by atoms with van der Waals surface area (Å²) in [7, 11) is 3.78. The van der Waals surface area contributed by atoms with Crippen LogP contribution in [0.5, 0.6) is 17.4 Å². The van der Waals surface area contributed by atoms with E-state index in [-0.39, 0.29) is 17.6 Å². The Hall–Kier alpha value is -4.42. The van der Waals surface area contributed by atoms with E-state index in [9.17, 15) is 10.1 Å². The first-order valence-corrected chi connectivity index (χ1v) is 12.1. The lowest BCUT2D eigenvalue weighted by atomic mass is 10.1. The summed E-state index contributed by atoms with van der Waals surface area (Å²) in [5.41, 5.74) is 7.82. The van der Waals surface area contributed by atoms with Gasteiger partial charge >= 0.3 is 0 Å². The molecule has 2 aromatic carbocycles. The van der Waals surface area contributed by atoms with Crippen LogP contribution in [0.4, 0.5) is 5.82 Å². The minimum absolute atomic E-state index is 0.144. The highest BCUT2D eigenvalue weighted by Crippen LogP contribution is 2.35. The Balaban J connectivity index is 1.42. The molecular weight excluding hydrogens is 468 g/mol. The van der Waals surface area contributed by atoms with Gasteiger partial charge in [0.2, 0.25) is 5.88 Å². The smallest absolute Gasteiger partial charge is 0.264 e. The Morgan fingerprint density at radius 1 is 1.11 bits per heavy atom. The molecule has 2 heterocycles. The molecule has 1 aromatic heterocycles. The number of carbonyl (C=O) groups excluding carboxylic acids is 1. The molecule has 4 rings (SSSR count). The number of para-hydroxylation sites is 1. The van der Waals surface area contributed by atoms with Crippen LogP contribution in [0.3, 0.4) is 0 Å². The second-order valence-corrected chi connectivity index (χ2v) is 8.98. The Morgan fingerprint density at radius 2 is 1.78 bits per heavy atom. The minimum atomic E-state index is -0.243. The number of rotatable bonds is 8. The van der Waals surface area contributed by atoms with Gasteiger partial charge in [0.15, 0.2) is 0 Å². The number of hydrogen-bond donors (Lipinski definition) is 1. The Morgan fingerprint density at radius 3 is 2.43 bits per heavy atom. The Kier molecular flexibility index (Phi) is 8.33. The van der Waals surface area contributed by atoms with Crippen molar-refractivity contribution in [2.24, 2.45) is 0 Å². The topological polar surface area (TPSA) is 118 Å². The summed E-state index contributed by atoms with van der Waals surface area (Å²) in [5.74, 6) is 1.92. The fourth-order valence-corrected chi connectivity index (χ4v) is 4.02. The van der Waals surface area contributed by atoms with Gasteiger partial charge in [-0.15, -0.1) is 0 Å². The molecule has 0 aliphatic carbocycles. The van der Waals surface area contributed by atoms with E-state index in [4.69, 9.17) is 15.2 Å². The predicted octanol–water partition coefficient (Wildman–Crippen LogP) is 3.90. The van der Waals surface area contributed by atoms with Crippen molar-refractivity contribution in [2.75, 3.05) is 39.5 Å². The first kappa shape index (κ1) is 25.7. The number of benzene rings is 2. The van der Waals surface area contributed by atoms with Crippen molar-refractivity contribution >= 4 is 11.7 Å². The molecule has 0 saturated carbocycles.